The Morgan fingerprint density at radius 3 is 2.75 bits per heavy atom. The molecule has 1 atom stereocenters. The highest BCUT2D eigenvalue weighted by Crippen LogP contribution is 2.24. The summed E-state index contributed by atoms with van der Waals surface area (Å²) in [6.45, 7) is 0.552. The third kappa shape index (κ3) is 4.65. The van der Waals surface area contributed by atoms with Crippen molar-refractivity contribution in [2.24, 2.45) is 7.05 Å². The van der Waals surface area contributed by atoms with Gasteiger partial charge in [-0.25, -0.2) is 0 Å². The predicted octanol–water partition coefficient (Wildman–Crippen LogP) is 2.48. The van der Waals surface area contributed by atoms with Crippen LogP contribution in [0.1, 0.15) is 30.9 Å². The Morgan fingerprint density at radius 2 is 1.94 bits per heavy atom. The first-order valence-electron chi connectivity index (χ1n) is 10.6. The molecule has 1 fully saturated rings. The SMILES string of the molecule is Cn1ccc2cc([C@@H](O)CNC(=O)C(=O)Nc3cccc(N4CCCCC4=O)c3)ccc21. The summed E-state index contributed by atoms with van der Waals surface area (Å²) in [6.07, 6.45) is 3.33. The third-order valence-electron chi connectivity index (χ3n) is 5.70. The molecule has 0 aliphatic carbocycles. The van der Waals surface area contributed by atoms with Crippen LogP contribution < -0.4 is 15.5 Å². The van der Waals surface area contributed by atoms with E-state index >= 15 is 0 Å². The minimum Gasteiger partial charge on any atom is -0.387 e. The van der Waals surface area contributed by atoms with E-state index in [9.17, 15) is 19.5 Å². The van der Waals surface area contributed by atoms with Gasteiger partial charge in [0, 0.05) is 49.6 Å². The van der Waals surface area contributed by atoms with Gasteiger partial charge in [-0.15, -0.1) is 0 Å². The van der Waals surface area contributed by atoms with Crippen LogP contribution >= 0.6 is 0 Å². The minimum absolute atomic E-state index is 0.0557. The number of carbonyl (C=O) groups is 3. The first-order chi connectivity index (χ1) is 15.4. The van der Waals surface area contributed by atoms with Crippen LogP contribution in [0.25, 0.3) is 10.9 Å². The number of fused-ring (bicyclic) bond motifs is 1. The Bertz CT molecular complexity index is 1170. The van der Waals surface area contributed by atoms with Gasteiger partial charge >= 0.3 is 11.8 Å². The van der Waals surface area contributed by atoms with E-state index in [0.29, 0.717) is 29.9 Å². The highest BCUT2D eigenvalue weighted by atomic mass is 16.3. The van der Waals surface area contributed by atoms with E-state index in [1.807, 2.05) is 36.0 Å². The minimum atomic E-state index is -0.940. The van der Waals surface area contributed by atoms with Gasteiger partial charge in [-0.1, -0.05) is 12.1 Å². The molecule has 2 aromatic carbocycles. The second-order valence-corrected chi connectivity index (χ2v) is 7.98. The van der Waals surface area contributed by atoms with E-state index < -0.39 is 17.9 Å². The maximum atomic E-state index is 12.3. The lowest BCUT2D eigenvalue weighted by molar-refractivity contribution is -0.136. The Kier molecular flexibility index (Phi) is 6.23. The van der Waals surface area contributed by atoms with Crippen molar-refractivity contribution in [3.8, 4) is 0 Å². The summed E-state index contributed by atoms with van der Waals surface area (Å²) in [5.74, 6) is -1.62. The smallest absolute Gasteiger partial charge is 0.313 e. The molecule has 8 heteroatoms. The molecule has 1 aliphatic heterocycles. The zero-order chi connectivity index (χ0) is 22.7. The van der Waals surface area contributed by atoms with E-state index in [1.165, 1.54) is 0 Å². The van der Waals surface area contributed by atoms with Gasteiger partial charge in [0.2, 0.25) is 5.91 Å². The fourth-order valence-electron chi connectivity index (χ4n) is 3.91. The van der Waals surface area contributed by atoms with Crippen LogP contribution in [0.2, 0.25) is 0 Å². The molecule has 0 saturated carbocycles. The Morgan fingerprint density at radius 1 is 1.09 bits per heavy atom. The van der Waals surface area contributed by atoms with Crippen molar-refractivity contribution in [3.05, 3.63) is 60.3 Å². The largest absolute Gasteiger partial charge is 0.387 e. The zero-order valence-corrected chi connectivity index (χ0v) is 17.9. The number of rotatable bonds is 5. The molecule has 1 saturated heterocycles. The molecule has 0 radical (unpaired) electrons. The molecule has 1 aliphatic rings. The van der Waals surface area contributed by atoms with Gasteiger partial charge in [0.1, 0.15) is 0 Å². The highest BCUT2D eigenvalue weighted by molar-refractivity contribution is 6.39. The van der Waals surface area contributed by atoms with E-state index in [0.717, 1.165) is 23.7 Å². The Hall–Kier alpha value is -3.65. The Labute approximate surface area is 185 Å². The summed E-state index contributed by atoms with van der Waals surface area (Å²) in [4.78, 5) is 38.4. The van der Waals surface area contributed by atoms with Gasteiger partial charge in [0.05, 0.1) is 6.10 Å². The first-order valence-corrected chi connectivity index (χ1v) is 10.6. The molecule has 32 heavy (non-hydrogen) atoms. The van der Waals surface area contributed by atoms with Crippen LogP contribution in [-0.2, 0) is 21.4 Å². The highest BCUT2D eigenvalue weighted by Gasteiger charge is 2.21. The topological polar surface area (TPSA) is 104 Å². The van der Waals surface area contributed by atoms with Crippen LogP contribution in [0, 0.1) is 0 Å². The molecule has 3 N–H and O–H groups in total. The van der Waals surface area contributed by atoms with E-state index in [2.05, 4.69) is 10.6 Å². The summed E-state index contributed by atoms with van der Waals surface area (Å²) in [5.41, 5.74) is 2.82. The molecule has 3 amide bonds. The first kappa shape index (κ1) is 21.6. The number of anilines is 2. The molecule has 0 unspecified atom stereocenters. The molecule has 1 aromatic heterocycles. The van der Waals surface area contributed by atoms with Crippen LogP contribution in [0.15, 0.2) is 54.7 Å². The third-order valence-corrected chi connectivity index (χ3v) is 5.70. The monoisotopic (exact) mass is 434 g/mol. The van der Waals surface area contributed by atoms with Gasteiger partial charge in [-0.3, -0.25) is 14.4 Å². The molecule has 166 valence electrons. The second-order valence-electron chi connectivity index (χ2n) is 7.98. The van der Waals surface area contributed by atoms with Crippen molar-refractivity contribution in [2.45, 2.75) is 25.4 Å². The van der Waals surface area contributed by atoms with Crippen molar-refractivity contribution < 1.29 is 19.5 Å². The number of piperidine rings is 1. The lowest BCUT2D eigenvalue weighted by Gasteiger charge is -2.27. The number of hydrogen-bond acceptors (Lipinski definition) is 4. The average Bonchev–Trinajstić information content (AvgIpc) is 3.17. The van der Waals surface area contributed by atoms with Gasteiger partial charge in [-0.05, 0) is 60.2 Å². The van der Waals surface area contributed by atoms with Gasteiger partial charge in [0.15, 0.2) is 0 Å². The number of carbonyl (C=O) groups excluding carboxylic acids is 3. The second kappa shape index (κ2) is 9.23. The van der Waals surface area contributed by atoms with Gasteiger partial charge < -0.3 is 25.2 Å². The van der Waals surface area contributed by atoms with Crippen LogP contribution in [0.5, 0.6) is 0 Å². The maximum Gasteiger partial charge on any atom is 0.313 e. The van der Waals surface area contributed by atoms with Gasteiger partial charge in [-0.2, -0.15) is 0 Å². The zero-order valence-electron chi connectivity index (χ0n) is 17.9. The summed E-state index contributed by atoms with van der Waals surface area (Å²) in [5, 5.41) is 16.4. The van der Waals surface area contributed by atoms with Crippen molar-refractivity contribution in [3.63, 3.8) is 0 Å². The van der Waals surface area contributed by atoms with Crippen LogP contribution in [-0.4, -0.2) is 40.5 Å². The predicted molar refractivity (Wildman–Crippen MR) is 122 cm³/mol. The summed E-state index contributed by atoms with van der Waals surface area (Å²) in [7, 11) is 1.94. The number of amides is 3. The lowest BCUT2D eigenvalue weighted by atomic mass is 10.1. The number of hydrogen-bond donors (Lipinski definition) is 3. The van der Waals surface area contributed by atoms with Crippen molar-refractivity contribution in [1.29, 1.82) is 0 Å². The van der Waals surface area contributed by atoms with Crippen LogP contribution in [0.3, 0.4) is 0 Å². The fourth-order valence-corrected chi connectivity index (χ4v) is 3.91. The van der Waals surface area contributed by atoms with Crippen molar-refractivity contribution >= 4 is 40.0 Å². The number of aliphatic hydroxyl groups excluding tert-OH is 1. The summed E-state index contributed by atoms with van der Waals surface area (Å²) < 4.78 is 1.98. The number of nitrogens with zero attached hydrogens (tertiary/aromatic N) is 2. The van der Waals surface area contributed by atoms with Crippen LogP contribution in [0.4, 0.5) is 11.4 Å². The lowest BCUT2D eigenvalue weighted by Crippen LogP contribution is -2.38. The number of aliphatic hydroxyl groups is 1. The van der Waals surface area contributed by atoms with E-state index in [4.69, 9.17) is 0 Å². The molecule has 4 rings (SSSR count). The number of nitrogens with one attached hydrogen (secondary N) is 2. The van der Waals surface area contributed by atoms with Crippen molar-refractivity contribution in [1.82, 2.24) is 9.88 Å². The molecule has 2 heterocycles. The number of aryl methyl sites for hydroxylation is 1. The van der Waals surface area contributed by atoms with Gasteiger partial charge in [0.25, 0.3) is 0 Å². The molecule has 0 bridgehead atoms. The standard InChI is InChI=1S/C24H26N4O4/c1-27-12-10-16-13-17(8-9-20(16)27)21(29)15-25-23(31)24(32)26-18-5-4-6-19(14-18)28-11-3-2-7-22(28)30/h4-6,8-10,12-14,21,29H,2-3,7,11,15H2,1H3,(H,25,31)(H,26,32)/t21-/m0/s1. The molecule has 8 nitrogen and oxygen atoms in total. The fraction of sp³-hybridized carbons (Fsp3) is 0.292. The van der Waals surface area contributed by atoms with Crippen molar-refractivity contribution in [2.75, 3.05) is 23.3 Å². The number of benzene rings is 2. The molecule has 3 aromatic rings. The van der Waals surface area contributed by atoms with E-state index in [-0.39, 0.29) is 12.5 Å². The molecule has 0 spiro atoms. The molecular weight excluding hydrogens is 408 g/mol. The van der Waals surface area contributed by atoms with E-state index in [1.54, 1.807) is 35.2 Å². The Balaban J connectivity index is 1.34. The quantitative estimate of drug-likeness (QED) is 0.537. The number of aromatic nitrogens is 1. The normalized spacial score (nSPS) is 14.9. The molecular formula is C24H26N4O4. The maximum absolute atomic E-state index is 12.3. The summed E-state index contributed by atoms with van der Waals surface area (Å²) >= 11 is 0. The summed E-state index contributed by atoms with van der Waals surface area (Å²) in [6, 6.07) is 14.4. The average molecular weight is 434 g/mol.